The average Bonchev–Trinajstić information content (AvgIpc) is 2.85. The minimum atomic E-state index is -0.352. The average molecular weight is 253 g/mol. The minimum absolute atomic E-state index is 0.0966. The van der Waals surface area contributed by atoms with Crippen LogP contribution in [0.4, 0.5) is 5.69 Å². The summed E-state index contributed by atoms with van der Waals surface area (Å²) in [4.78, 5) is 20.1. The van der Waals surface area contributed by atoms with Gasteiger partial charge in [-0.2, -0.15) is 4.98 Å². The van der Waals surface area contributed by atoms with E-state index in [4.69, 9.17) is 0 Å². The topological polar surface area (TPSA) is 72.2 Å². The van der Waals surface area contributed by atoms with E-state index in [0.717, 1.165) is 5.56 Å². The second-order valence-corrected chi connectivity index (χ2v) is 4.12. The molecule has 0 atom stereocenters. The van der Waals surface area contributed by atoms with Crippen LogP contribution in [0.2, 0.25) is 0 Å². The van der Waals surface area contributed by atoms with E-state index in [1.165, 1.54) is 4.52 Å². The summed E-state index contributed by atoms with van der Waals surface area (Å²) >= 11 is 0. The lowest BCUT2D eigenvalue weighted by molar-refractivity contribution is 0.101. The summed E-state index contributed by atoms with van der Waals surface area (Å²) in [6.07, 6.45) is 3.30. The zero-order chi connectivity index (χ0) is 13.2. The van der Waals surface area contributed by atoms with Crippen molar-refractivity contribution in [3.8, 4) is 0 Å². The van der Waals surface area contributed by atoms with Gasteiger partial charge in [-0.15, -0.1) is 5.10 Å². The third-order valence-electron chi connectivity index (χ3n) is 2.63. The van der Waals surface area contributed by atoms with E-state index in [2.05, 4.69) is 20.4 Å². The van der Waals surface area contributed by atoms with Crippen molar-refractivity contribution in [1.82, 2.24) is 19.6 Å². The molecule has 0 aliphatic carbocycles. The normalized spacial score (nSPS) is 10.6. The van der Waals surface area contributed by atoms with Gasteiger partial charge in [-0.05, 0) is 25.1 Å². The molecule has 0 radical (unpaired) electrons. The van der Waals surface area contributed by atoms with Crippen LogP contribution < -0.4 is 5.32 Å². The van der Waals surface area contributed by atoms with Gasteiger partial charge in [-0.3, -0.25) is 4.79 Å². The zero-order valence-corrected chi connectivity index (χ0v) is 10.2. The van der Waals surface area contributed by atoms with Crippen molar-refractivity contribution in [1.29, 1.82) is 0 Å². The molecule has 2 aromatic heterocycles. The van der Waals surface area contributed by atoms with Crippen LogP contribution >= 0.6 is 0 Å². The van der Waals surface area contributed by atoms with Gasteiger partial charge in [0.25, 0.3) is 11.7 Å². The molecule has 1 aromatic carbocycles. The quantitative estimate of drug-likeness (QED) is 0.754. The highest BCUT2D eigenvalue weighted by Gasteiger charge is 2.13. The third-order valence-corrected chi connectivity index (χ3v) is 2.63. The molecule has 0 spiro atoms. The molecule has 0 saturated carbocycles. The van der Waals surface area contributed by atoms with Crippen molar-refractivity contribution < 1.29 is 4.79 Å². The maximum atomic E-state index is 12.0. The van der Waals surface area contributed by atoms with E-state index in [9.17, 15) is 4.79 Å². The smallest absolute Gasteiger partial charge is 0.295 e. The van der Waals surface area contributed by atoms with Crippen LogP contribution in [0.25, 0.3) is 5.78 Å². The van der Waals surface area contributed by atoms with Gasteiger partial charge >= 0.3 is 0 Å². The Morgan fingerprint density at radius 3 is 2.79 bits per heavy atom. The minimum Gasteiger partial charge on any atom is -0.319 e. The Morgan fingerprint density at radius 2 is 2.05 bits per heavy atom. The molecule has 0 saturated heterocycles. The number of fused-ring (bicyclic) bond motifs is 1. The number of nitrogens with one attached hydrogen (secondary N) is 1. The van der Waals surface area contributed by atoms with Gasteiger partial charge in [0.15, 0.2) is 0 Å². The van der Waals surface area contributed by atoms with Gasteiger partial charge in [0.1, 0.15) is 0 Å². The highest BCUT2D eigenvalue weighted by atomic mass is 16.2. The van der Waals surface area contributed by atoms with E-state index in [0.29, 0.717) is 11.5 Å². The van der Waals surface area contributed by atoms with Crippen molar-refractivity contribution >= 4 is 17.4 Å². The molecule has 0 aliphatic heterocycles. The molecule has 2 heterocycles. The number of aryl methyl sites for hydroxylation is 1. The van der Waals surface area contributed by atoms with Crippen molar-refractivity contribution in [2.24, 2.45) is 0 Å². The van der Waals surface area contributed by atoms with E-state index in [1.807, 2.05) is 31.2 Å². The lowest BCUT2D eigenvalue weighted by atomic mass is 10.2. The second kappa shape index (κ2) is 4.49. The van der Waals surface area contributed by atoms with Crippen LogP contribution in [0.5, 0.6) is 0 Å². The van der Waals surface area contributed by atoms with E-state index < -0.39 is 0 Å². The summed E-state index contributed by atoms with van der Waals surface area (Å²) < 4.78 is 1.46. The molecule has 3 aromatic rings. The van der Waals surface area contributed by atoms with Crippen LogP contribution in [0, 0.1) is 6.92 Å². The van der Waals surface area contributed by atoms with Gasteiger partial charge in [0.2, 0.25) is 5.82 Å². The molecular weight excluding hydrogens is 242 g/mol. The first-order chi connectivity index (χ1) is 9.22. The lowest BCUT2D eigenvalue weighted by Crippen LogP contribution is -2.13. The molecule has 19 heavy (non-hydrogen) atoms. The molecule has 0 unspecified atom stereocenters. The summed E-state index contributed by atoms with van der Waals surface area (Å²) in [5.41, 5.74) is 1.84. The van der Waals surface area contributed by atoms with Crippen LogP contribution in [-0.2, 0) is 0 Å². The van der Waals surface area contributed by atoms with Gasteiger partial charge in [0, 0.05) is 18.1 Å². The molecule has 1 N–H and O–H groups in total. The molecule has 0 aliphatic rings. The number of hydrogen-bond donors (Lipinski definition) is 1. The van der Waals surface area contributed by atoms with Gasteiger partial charge in [-0.1, -0.05) is 17.7 Å². The van der Waals surface area contributed by atoms with E-state index >= 15 is 0 Å². The Labute approximate surface area is 109 Å². The number of rotatable bonds is 2. The monoisotopic (exact) mass is 253 g/mol. The Balaban J connectivity index is 1.85. The predicted octanol–water partition coefficient (Wildman–Crippen LogP) is 1.69. The molecule has 94 valence electrons. The number of anilines is 1. The number of benzene rings is 1. The molecule has 1 amide bonds. The molecular formula is C13H11N5O. The summed E-state index contributed by atoms with van der Waals surface area (Å²) in [7, 11) is 0. The number of aromatic nitrogens is 4. The van der Waals surface area contributed by atoms with Crippen molar-refractivity contribution in [2.45, 2.75) is 6.92 Å². The molecule has 0 fully saturated rings. The van der Waals surface area contributed by atoms with Crippen LogP contribution in [-0.4, -0.2) is 25.5 Å². The Kier molecular flexibility index (Phi) is 2.68. The third kappa shape index (κ3) is 2.28. The van der Waals surface area contributed by atoms with Crippen LogP contribution in [0.1, 0.15) is 16.2 Å². The fourth-order valence-electron chi connectivity index (χ4n) is 1.65. The first-order valence-corrected chi connectivity index (χ1v) is 5.78. The Hall–Kier alpha value is -2.76. The first-order valence-electron chi connectivity index (χ1n) is 5.78. The Morgan fingerprint density at radius 1 is 1.26 bits per heavy atom. The number of hydrogen-bond acceptors (Lipinski definition) is 4. The lowest BCUT2D eigenvalue weighted by Gasteiger charge is -2.02. The summed E-state index contributed by atoms with van der Waals surface area (Å²) in [5, 5.41) is 6.80. The molecule has 0 bridgehead atoms. The van der Waals surface area contributed by atoms with Gasteiger partial charge in [0.05, 0.1) is 0 Å². The number of nitrogens with zero attached hydrogens (tertiary/aromatic N) is 4. The van der Waals surface area contributed by atoms with Crippen molar-refractivity contribution in [3.63, 3.8) is 0 Å². The van der Waals surface area contributed by atoms with E-state index in [1.54, 1.807) is 18.5 Å². The maximum Gasteiger partial charge on any atom is 0.295 e. The molecule has 6 nitrogen and oxygen atoms in total. The van der Waals surface area contributed by atoms with Gasteiger partial charge in [-0.25, -0.2) is 9.50 Å². The van der Waals surface area contributed by atoms with Crippen molar-refractivity contribution in [2.75, 3.05) is 5.32 Å². The Bertz CT molecular complexity index is 699. The number of carbonyl (C=O) groups is 1. The largest absolute Gasteiger partial charge is 0.319 e. The summed E-state index contributed by atoms with van der Waals surface area (Å²) in [6.45, 7) is 1.99. The fourth-order valence-corrected chi connectivity index (χ4v) is 1.65. The van der Waals surface area contributed by atoms with Gasteiger partial charge < -0.3 is 5.32 Å². The van der Waals surface area contributed by atoms with Crippen molar-refractivity contribution in [3.05, 3.63) is 54.1 Å². The standard InChI is InChI=1S/C13H11N5O/c1-9-3-5-10(6-4-9)15-12(19)11-16-13-14-7-2-8-18(13)17-11/h2-8H,1H3,(H,15,19). The van der Waals surface area contributed by atoms with Crippen LogP contribution in [0.15, 0.2) is 42.7 Å². The second-order valence-electron chi connectivity index (χ2n) is 4.12. The van der Waals surface area contributed by atoms with E-state index in [-0.39, 0.29) is 11.7 Å². The SMILES string of the molecule is Cc1ccc(NC(=O)c2nc3ncccn3n2)cc1. The molecule has 3 rings (SSSR count). The summed E-state index contributed by atoms with van der Waals surface area (Å²) in [5.74, 6) is 0.144. The summed E-state index contributed by atoms with van der Waals surface area (Å²) in [6, 6.07) is 9.24. The zero-order valence-electron chi connectivity index (χ0n) is 10.2. The predicted molar refractivity (Wildman–Crippen MR) is 69.9 cm³/mol. The highest BCUT2D eigenvalue weighted by molar-refractivity contribution is 6.01. The number of amides is 1. The molecule has 6 heteroatoms. The fraction of sp³-hybridized carbons (Fsp3) is 0.0769. The maximum absolute atomic E-state index is 12.0. The first kappa shape index (κ1) is 11.3. The highest BCUT2D eigenvalue weighted by Crippen LogP contribution is 2.09. The number of carbonyl (C=O) groups excluding carboxylic acids is 1. The van der Waals surface area contributed by atoms with Crippen LogP contribution in [0.3, 0.4) is 0 Å².